The maximum Gasteiger partial charge on any atom is 0.0105 e. The SMILES string of the molecule is CC(C)CCC[C@@H](C)[C@H]1CCC2C3CC=C4CC(NCCCNCCCCN)CC[C@]4(C)C3CC[C@@]21C. The molecular weight excluding hydrogens is 450 g/mol. The number of hydrogen-bond donors (Lipinski definition) is 3. The summed E-state index contributed by atoms with van der Waals surface area (Å²) in [6.07, 6.45) is 22.1. The van der Waals surface area contributed by atoms with Crippen LogP contribution in [0.15, 0.2) is 11.6 Å². The van der Waals surface area contributed by atoms with Crippen LogP contribution in [-0.2, 0) is 0 Å². The van der Waals surface area contributed by atoms with Crippen molar-refractivity contribution in [1.82, 2.24) is 10.6 Å². The van der Waals surface area contributed by atoms with E-state index in [9.17, 15) is 0 Å². The van der Waals surface area contributed by atoms with Crippen LogP contribution < -0.4 is 16.4 Å². The van der Waals surface area contributed by atoms with Gasteiger partial charge in [-0.2, -0.15) is 0 Å². The van der Waals surface area contributed by atoms with Gasteiger partial charge in [-0.05, 0) is 143 Å². The van der Waals surface area contributed by atoms with Crippen LogP contribution in [0.4, 0.5) is 0 Å². The van der Waals surface area contributed by atoms with E-state index in [1.807, 2.05) is 5.57 Å². The minimum Gasteiger partial charge on any atom is -0.330 e. The summed E-state index contributed by atoms with van der Waals surface area (Å²) in [5, 5.41) is 7.51. The van der Waals surface area contributed by atoms with Crippen LogP contribution in [0.2, 0.25) is 0 Å². The van der Waals surface area contributed by atoms with Gasteiger partial charge in [0.05, 0.1) is 0 Å². The summed E-state index contributed by atoms with van der Waals surface area (Å²) in [6, 6.07) is 0.699. The maximum absolute atomic E-state index is 5.59. The average Bonchev–Trinajstić information content (AvgIpc) is 3.22. The summed E-state index contributed by atoms with van der Waals surface area (Å²) in [4.78, 5) is 0. The van der Waals surface area contributed by atoms with E-state index in [4.69, 9.17) is 5.73 Å². The highest BCUT2D eigenvalue weighted by Gasteiger charge is 2.59. The second kappa shape index (κ2) is 13.3. The molecule has 4 aliphatic rings. The van der Waals surface area contributed by atoms with Crippen molar-refractivity contribution in [3.63, 3.8) is 0 Å². The summed E-state index contributed by atoms with van der Waals surface area (Å²) in [5.74, 6) is 5.62. The molecule has 0 spiro atoms. The number of nitrogens with two attached hydrogens (primary N) is 1. The predicted molar refractivity (Wildman–Crippen MR) is 161 cm³/mol. The Morgan fingerprint density at radius 2 is 1.70 bits per heavy atom. The number of fused-ring (bicyclic) bond motifs is 5. The zero-order valence-electron chi connectivity index (χ0n) is 25.4. The molecule has 0 heterocycles. The zero-order chi connectivity index (χ0) is 26.5. The van der Waals surface area contributed by atoms with Crippen LogP contribution in [0.3, 0.4) is 0 Å². The molecule has 8 atom stereocenters. The minimum absolute atomic E-state index is 0.480. The Morgan fingerprint density at radius 1 is 0.892 bits per heavy atom. The largest absolute Gasteiger partial charge is 0.330 e. The van der Waals surface area contributed by atoms with Gasteiger partial charge in [0.15, 0.2) is 0 Å². The average molecular weight is 514 g/mol. The molecule has 4 aliphatic carbocycles. The van der Waals surface area contributed by atoms with Gasteiger partial charge in [-0.1, -0.05) is 65.5 Å². The first-order valence-corrected chi connectivity index (χ1v) is 16.6. The molecule has 0 amide bonds. The number of nitrogens with one attached hydrogen (secondary N) is 2. The molecule has 3 fully saturated rings. The number of unbranched alkanes of at least 4 members (excludes halogenated alkanes) is 1. The third-order valence-electron chi connectivity index (χ3n) is 12.1. The van der Waals surface area contributed by atoms with Crippen molar-refractivity contribution in [2.75, 3.05) is 26.2 Å². The number of rotatable bonds is 14. The predicted octanol–water partition coefficient (Wildman–Crippen LogP) is 7.70. The monoisotopic (exact) mass is 514 g/mol. The lowest BCUT2D eigenvalue weighted by molar-refractivity contribution is -0.0514. The first-order chi connectivity index (χ1) is 17.8. The molecule has 214 valence electrons. The van der Waals surface area contributed by atoms with Crippen molar-refractivity contribution in [3.05, 3.63) is 11.6 Å². The molecule has 3 saturated carbocycles. The van der Waals surface area contributed by atoms with E-state index in [0.717, 1.165) is 68.1 Å². The van der Waals surface area contributed by atoms with E-state index in [1.54, 1.807) is 0 Å². The smallest absolute Gasteiger partial charge is 0.0105 e. The highest BCUT2D eigenvalue weighted by atomic mass is 14.9. The van der Waals surface area contributed by atoms with E-state index in [-0.39, 0.29) is 0 Å². The third kappa shape index (κ3) is 6.68. The van der Waals surface area contributed by atoms with Gasteiger partial charge in [0.25, 0.3) is 0 Å². The summed E-state index contributed by atoms with van der Waals surface area (Å²) in [7, 11) is 0. The quantitative estimate of drug-likeness (QED) is 0.165. The van der Waals surface area contributed by atoms with Crippen LogP contribution >= 0.6 is 0 Å². The summed E-state index contributed by atoms with van der Waals surface area (Å²) in [6.45, 7) is 17.0. The Bertz CT molecular complexity index is 731. The second-order valence-corrected chi connectivity index (χ2v) is 14.8. The molecular formula is C34H63N3. The highest BCUT2D eigenvalue weighted by molar-refractivity contribution is 5.26. The molecule has 0 aromatic carbocycles. The molecule has 4 unspecified atom stereocenters. The van der Waals surface area contributed by atoms with Crippen molar-refractivity contribution in [3.8, 4) is 0 Å². The lowest BCUT2D eigenvalue weighted by Crippen LogP contribution is -2.51. The van der Waals surface area contributed by atoms with Crippen molar-refractivity contribution in [2.24, 2.45) is 52.1 Å². The Morgan fingerprint density at radius 3 is 2.49 bits per heavy atom. The number of allylic oxidation sites excluding steroid dienone is 1. The Kier molecular flexibility index (Phi) is 10.7. The normalized spacial score (nSPS) is 38.1. The Balaban J connectivity index is 1.29. The van der Waals surface area contributed by atoms with Crippen molar-refractivity contribution >= 4 is 0 Å². The van der Waals surface area contributed by atoms with Gasteiger partial charge in [-0.25, -0.2) is 0 Å². The summed E-state index contributed by atoms with van der Waals surface area (Å²) < 4.78 is 0. The molecule has 4 N–H and O–H groups in total. The fraction of sp³-hybridized carbons (Fsp3) is 0.941. The summed E-state index contributed by atoms with van der Waals surface area (Å²) in [5.41, 5.74) is 8.51. The lowest BCUT2D eigenvalue weighted by atomic mass is 9.47. The van der Waals surface area contributed by atoms with Gasteiger partial charge in [-0.3, -0.25) is 0 Å². The van der Waals surface area contributed by atoms with E-state index in [0.29, 0.717) is 16.9 Å². The molecule has 0 saturated heterocycles. The minimum atomic E-state index is 0.480. The van der Waals surface area contributed by atoms with Gasteiger partial charge >= 0.3 is 0 Å². The van der Waals surface area contributed by atoms with Crippen LogP contribution in [0.25, 0.3) is 0 Å². The van der Waals surface area contributed by atoms with Crippen LogP contribution in [0.5, 0.6) is 0 Å². The fourth-order valence-electron chi connectivity index (χ4n) is 9.90. The first-order valence-electron chi connectivity index (χ1n) is 16.6. The number of hydrogen-bond acceptors (Lipinski definition) is 3. The van der Waals surface area contributed by atoms with E-state index in [2.05, 4.69) is 51.3 Å². The van der Waals surface area contributed by atoms with Crippen LogP contribution in [-0.4, -0.2) is 32.2 Å². The molecule has 0 aliphatic heterocycles. The Labute approximate surface area is 231 Å². The molecule has 37 heavy (non-hydrogen) atoms. The molecule has 3 nitrogen and oxygen atoms in total. The third-order valence-corrected chi connectivity index (χ3v) is 12.1. The van der Waals surface area contributed by atoms with Crippen LogP contribution in [0.1, 0.15) is 125 Å². The lowest BCUT2D eigenvalue weighted by Gasteiger charge is -2.58. The summed E-state index contributed by atoms with van der Waals surface area (Å²) >= 11 is 0. The maximum atomic E-state index is 5.59. The second-order valence-electron chi connectivity index (χ2n) is 14.8. The fourth-order valence-corrected chi connectivity index (χ4v) is 9.90. The van der Waals surface area contributed by atoms with Gasteiger partial charge in [-0.15, -0.1) is 0 Å². The van der Waals surface area contributed by atoms with Crippen molar-refractivity contribution in [1.29, 1.82) is 0 Å². The first kappa shape index (κ1) is 29.6. The molecule has 0 aromatic rings. The van der Waals surface area contributed by atoms with E-state index < -0.39 is 0 Å². The molecule has 3 heteroatoms. The van der Waals surface area contributed by atoms with E-state index in [1.165, 1.54) is 83.5 Å². The topological polar surface area (TPSA) is 50.1 Å². The van der Waals surface area contributed by atoms with Gasteiger partial charge in [0.2, 0.25) is 0 Å². The van der Waals surface area contributed by atoms with E-state index >= 15 is 0 Å². The zero-order valence-corrected chi connectivity index (χ0v) is 25.4. The Hall–Kier alpha value is -0.380. The molecule has 0 aromatic heterocycles. The van der Waals surface area contributed by atoms with Gasteiger partial charge in [0, 0.05) is 6.04 Å². The van der Waals surface area contributed by atoms with Gasteiger partial charge < -0.3 is 16.4 Å². The molecule has 0 radical (unpaired) electrons. The van der Waals surface area contributed by atoms with Crippen molar-refractivity contribution < 1.29 is 0 Å². The van der Waals surface area contributed by atoms with Crippen LogP contribution in [0, 0.1) is 46.3 Å². The molecule has 0 bridgehead atoms. The highest BCUT2D eigenvalue weighted by Crippen LogP contribution is 2.67. The van der Waals surface area contributed by atoms with Gasteiger partial charge in [0.1, 0.15) is 0 Å². The molecule has 4 rings (SSSR count). The standard InChI is InChI=1S/C34H63N3/c1-25(2)10-8-11-26(3)30-14-15-31-29-13-12-27-24-28(37-23-9-22-36-21-7-6-20-35)16-18-33(27,4)32(29)17-19-34(30,31)5/h12,25-26,28-32,36-37H,6-11,13-24,35H2,1-5H3/t26-,28?,29?,30-,31?,32?,33+,34-/m1/s1. The van der Waals surface area contributed by atoms with Crippen molar-refractivity contribution in [2.45, 2.75) is 131 Å².